The summed E-state index contributed by atoms with van der Waals surface area (Å²) in [5.74, 6) is 0. The quantitative estimate of drug-likeness (QED) is 0.877. The first-order chi connectivity index (χ1) is 9.56. The average Bonchev–Trinajstić information content (AvgIpc) is 2.47. The van der Waals surface area contributed by atoms with E-state index in [1.54, 1.807) is 36.0 Å². The maximum Gasteiger partial charge on any atom is 0.240 e. The topological polar surface area (TPSA) is 58.2 Å². The van der Waals surface area contributed by atoms with Crippen molar-refractivity contribution in [1.29, 1.82) is 0 Å². The molecule has 2 rings (SSSR count). The lowest BCUT2D eigenvalue weighted by molar-refractivity contribution is 0.423. The van der Waals surface area contributed by atoms with Crippen molar-refractivity contribution in [2.24, 2.45) is 0 Å². The molecule has 2 atom stereocenters. The van der Waals surface area contributed by atoms with E-state index in [-0.39, 0.29) is 6.04 Å². The highest BCUT2D eigenvalue weighted by molar-refractivity contribution is 7.99. The fraction of sp³-hybridized carbons (Fsp3) is 0.571. The molecule has 1 aliphatic rings. The number of rotatable bonds is 5. The van der Waals surface area contributed by atoms with Crippen molar-refractivity contribution in [3.8, 4) is 0 Å². The van der Waals surface area contributed by atoms with E-state index >= 15 is 0 Å². The molecule has 0 heterocycles. The van der Waals surface area contributed by atoms with Crippen LogP contribution in [0.3, 0.4) is 0 Å². The van der Waals surface area contributed by atoms with Crippen molar-refractivity contribution in [3.63, 3.8) is 0 Å². The van der Waals surface area contributed by atoms with Gasteiger partial charge >= 0.3 is 0 Å². The zero-order valence-electron chi connectivity index (χ0n) is 11.9. The van der Waals surface area contributed by atoms with Gasteiger partial charge in [0.05, 0.1) is 4.90 Å². The third kappa shape index (κ3) is 3.68. The normalized spacial score (nSPS) is 23.5. The summed E-state index contributed by atoms with van der Waals surface area (Å²) < 4.78 is 27.7. The lowest BCUT2D eigenvalue weighted by Gasteiger charge is -2.30. The summed E-state index contributed by atoms with van der Waals surface area (Å²) in [5.41, 5.74) is 0.906. The van der Waals surface area contributed by atoms with Crippen LogP contribution in [-0.4, -0.2) is 33.0 Å². The smallest absolute Gasteiger partial charge is 0.240 e. The number of thioether (sulfide) groups is 1. The zero-order valence-corrected chi connectivity index (χ0v) is 13.6. The number of sulfonamides is 1. The van der Waals surface area contributed by atoms with Crippen molar-refractivity contribution in [2.45, 2.75) is 41.9 Å². The van der Waals surface area contributed by atoms with Crippen LogP contribution < -0.4 is 10.0 Å². The van der Waals surface area contributed by atoms with E-state index in [4.69, 9.17) is 0 Å². The maximum atomic E-state index is 12.4. The highest BCUT2D eigenvalue weighted by atomic mass is 32.2. The van der Waals surface area contributed by atoms with E-state index in [9.17, 15) is 8.42 Å². The minimum absolute atomic E-state index is 0.0488. The van der Waals surface area contributed by atoms with Crippen LogP contribution in [0.15, 0.2) is 29.2 Å². The molecule has 6 heteroatoms. The Morgan fingerprint density at radius 2 is 1.80 bits per heavy atom. The SMILES string of the molecule is CNc1ccc(S(=O)(=O)NC2CCCCC2SC)cc1. The van der Waals surface area contributed by atoms with E-state index in [0.717, 1.165) is 24.9 Å². The Kier molecular flexibility index (Phi) is 5.35. The zero-order chi connectivity index (χ0) is 14.6. The fourth-order valence-electron chi connectivity index (χ4n) is 2.58. The van der Waals surface area contributed by atoms with Gasteiger partial charge in [-0.1, -0.05) is 12.8 Å². The Morgan fingerprint density at radius 1 is 1.15 bits per heavy atom. The number of anilines is 1. The predicted octanol–water partition coefficient (Wildman–Crippen LogP) is 2.68. The summed E-state index contributed by atoms with van der Waals surface area (Å²) in [7, 11) is -1.61. The molecule has 1 saturated carbocycles. The third-order valence-corrected chi connectivity index (χ3v) is 6.44. The Hall–Kier alpha value is -0.720. The van der Waals surface area contributed by atoms with Gasteiger partial charge in [0.1, 0.15) is 0 Å². The summed E-state index contributed by atoms with van der Waals surface area (Å²) in [5, 5.41) is 3.37. The van der Waals surface area contributed by atoms with Crippen LogP contribution in [0.25, 0.3) is 0 Å². The van der Waals surface area contributed by atoms with Crippen molar-refractivity contribution in [2.75, 3.05) is 18.6 Å². The molecule has 20 heavy (non-hydrogen) atoms. The minimum Gasteiger partial charge on any atom is -0.388 e. The number of hydrogen-bond acceptors (Lipinski definition) is 4. The molecule has 1 fully saturated rings. The minimum atomic E-state index is -3.42. The van der Waals surface area contributed by atoms with Gasteiger partial charge in [0.2, 0.25) is 10.0 Å². The molecule has 0 spiro atoms. The van der Waals surface area contributed by atoms with Crippen LogP contribution in [0.4, 0.5) is 5.69 Å². The van der Waals surface area contributed by atoms with Gasteiger partial charge in [0.15, 0.2) is 0 Å². The first-order valence-corrected chi connectivity index (χ1v) is 9.67. The number of benzene rings is 1. The predicted molar refractivity (Wildman–Crippen MR) is 85.9 cm³/mol. The summed E-state index contributed by atoms with van der Waals surface area (Å²) >= 11 is 1.76. The maximum absolute atomic E-state index is 12.4. The van der Waals surface area contributed by atoms with Gasteiger partial charge in [-0.25, -0.2) is 13.1 Å². The van der Waals surface area contributed by atoms with Gasteiger partial charge in [0.25, 0.3) is 0 Å². The molecular formula is C14H22N2O2S2. The van der Waals surface area contributed by atoms with Crippen molar-refractivity contribution >= 4 is 27.5 Å². The molecule has 1 aromatic carbocycles. The second-order valence-corrected chi connectivity index (χ2v) is 7.85. The van der Waals surface area contributed by atoms with Crippen LogP contribution in [0.1, 0.15) is 25.7 Å². The molecule has 0 amide bonds. The van der Waals surface area contributed by atoms with E-state index < -0.39 is 10.0 Å². The van der Waals surface area contributed by atoms with E-state index in [0.29, 0.717) is 10.1 Å². The molecular weight excluding hydrogens is 292 g/mol. The Bertz CT molecular complexity index is 529. The van der Waals surface area contributed by atoms with Gasteiger partial charge in [0, 0.05) is 24.0 Å². The summed E-state index contributed by atoms with van der Waals surface area (Å²) in [6.07, 6.45) is 6.37. The second kappa shape index (κ2) is 6.83. The lowest BCUT2D eigenvalue weighted by Crippen LogP contribution is -2.43. The standard InChI is InChI=1S/C14H22N2O2S2/c1-15-11-7-9-12(10-8-11)20(17,18)16-13-5-3-4-6-14(13)19-2/h7-10,13-16H,3-6H2,1-2H3. The summed E-state index contributed by atoms with van der Waals surface area (Å²) in [6, 6.07) is 6.90. The molecule has 4 nitrogen and oxygen atoms in total. The van der Waals surface area contributed by atoms with Gasteiger partial charge in [-0.05, 0) is 43.4 Å². The van der Waals surface area contributed by atoms with Crippen LogP contribution in [0.2, 0.25) is 0 Å². The molecule has 2 unspecified atom stereocenters. The second-order valence-electron chi connectivity index (χ2n) is 5.06. The Morgan fingerprint density at radius 3 is 2.40 bits per heavy atom. The Balaban J connectivity index is 2.12. The molecule has 0 aliphatic heterocycles. The fourth-order valence-corrected chi connectivity index (χ4v) is 4.91. The number of hydrogen-bond donors (Lipinski definition) is 2. The van der Waals surface area contributed by atoms with Crippen LogP contribution in [0.5, 0.6) is 0 Å². The van der Waals surface area contributed by atoms with Crippen LogP contribution in [-0.2, 0) is 10.0 Å². The first-order valence-electron chi connectivity index (χ1n) is 6.90. The van der Waals surface area contributed by atoms with Crippen molar-refractivity contribution in [3.05, 3.63) is 24.3 Å². The molecule has 0 bridgehead atoms. The first kappa shape index (κ1) is 15.7. The van der Waals surface area contributed by atoms with Crippen molar-refractivity contribution in [1.82, 2.24) is 4.72 Å². The van der Waals surface area contributed by atoms with Crippen molar-refractivity contribution < 1.29 is 8.42 Å². The van der Waals surface area contributed by atoms with Crippen LogP contribution >= 0.6 is 11.8 Å². The monoisotopic (exact) mass is 314 g/mol. The molecule has 1 aromatic rings. The highest BCUT2D eigenvalue weighted by Crippen LogP contribution is 2.28. The van der Waals surface area contributed by atoms with Gasteiger partial charge in [-0.3, -0.25) is 0 Å². The average molecular weight is 314 g/mol. The summed E-state index contributed by atoms with van der Waals surface area (Å²) in [4.78, 5) is 0.335. The molecule has 0 radical (unpaired) electrons. The largest absolute Gasteiger partial charge is 0.388 e. The molecule has 0 aromatic heterocycles. The third-order valence-electron chi connectivity index (χ3n) is 3.77. The Labute approximate surface area is 125 Å². The van der Waals surface area contributed by atoms with E-state index in [1.807, 2.05) is 7.05 Å². The van der Waals surface area contributed by atoms with Gasteiger partial charge in [-0.15, -0.1) is 0 Å². The van der Waals surface area contributed by atoms with Crippen LogP contribution in [0, 0.1) is 0 Å². The number of nitrogens with one attached hydrogen (secondary N) is 2. The molecule has 112 valence electrons. The van der Waals surface area contributed by atoms with Gasteiger partial charge < -0.3 is 5.32 Å². The molecule has 0 saturated heterocycles. The lowest BCUT2D eigenvalue weighted by atomic mass is 9.96. The highest BCUT2D eigenvalue weighted by Gasteiger charge is 2.28. The molecule has 2 N–H and O–H groups in total. The van der Waals surface area contributed by atoms with E-state index in [2.05, 4.69) is 16.3 Å². The molecule has 1 aliphatic carbocycles. The summed E-state index contributed by atoms with van der Waals surface area (Å²) in [6.45, 7) is 0. The van der Waals surface area contributed by atoms with E-state index in [1.165, 1.54) is 6.42 Å². The van der Waals surface area contributed by atoms with Gasteiger partial charge in [-0.2, -0.15) is 11.8 Å².